The number of methoxy groups -OCH3 is 1. The normalized spacial score (nSPS) is 20.2. The number of aromatic nitrogens is 3. The van der Waals surface area contributed by atoms with Crippen LogP contribution < -0.4 is 20.6 Å². The number of aryl methyl sites for hydroxylation is 1. The molecule has 2 unspecified atom stereocenters. The third kappa shape index (κ3) is 4.87. The Hall–Kier alpha value is -3.43. The highest BCUT2D eigenvalue weighted by Gasteiger charge is 2.33. The summed E-state index contributed by atoms with van der Waals surface area (Å²) in [5, 5.41) is 10.4. The number of aromatic amines is 2. The van der Waals surface area contributed by atoms with Gasteiger partial charge in [-0.2, -0.15) is 5.10 Å². The smallest absolute Gasteiger partial charge is 0.340 e. The van der Waals surface area contributed by atoms with E-state index in [9.17, 15) is 9.59 Å². The Balaban J connectivity index is 1.52. The maximum Gasteiger partial charge on any atom is 0.340 e. The van der Waals surface area contributed by atoms with Crippen LogP contribution in [0.5, 0.6) is 5.75 Å². The molecule has 2 aliphatic rings. The van der Waals surface area contributed by atoms with Crippen molar-refractivity contribution in [1.82, 2.24) is 25.4 Å². The number of H-pyrrole nitrogens is 2. The van der Waals surface area contributed by atoms with Crippen molar-refractivity contribution in [2.75, 3.05) is 25.6 Å². The zero-order chi connectivity index (χ0) is 24.4. The van der Waals surface area contributed by atoms with Crippen molar-refractivity contribution in [1.29, 1.82) is 0 Å². The van der Waals surface area contributed by atoms with Crippen LogP contribution in [-0.4, -0.2) is 52.7 Å². The number of amides is 1. The minimum absolute atomic E-state index is 0.125. The summed E-state index contributed by atoms with van der Waals surface area (Å²) in [4.78, 5) is 31.0. The molecule has 3 N–H and O–H groups in total. The first kappa shape index (κ1) is 23.3. The number of benzene rings is 2. The molecule has 0 radical (unpaired) electrons. The van der Waals surface area contributed by atoms with E-state index in [1.54, 1.807) is 12.0 Å². The van der Waals surface area contributed by atoms with Crippen molar-refractivity contribution in [3.05, 3.63) is 75.5 Å². The second-order valence-corrected chi connectivity index (χ2v) is 9.33. The van der Waals surface area contributed by atoms with Gasteiger partial charge in [-0.15, -0.1) is 0 Å². The van der Waals surface area contributed by atoms with Gasteiger partial charge in [0.1, 0.15) is 11.6 Å². The van der Waals surface area contributed by atoms with Crippen LogP contribution in [0, 0.1) is 0 Å². The summed E-state index contributed by atoms with van der Waals surface area (Å²) in [6.45, 7) is 2.02. The number of ether oxygens (including phenoxy) is 1. The second-order valence-electron chi connectivity index (χ2n) is 9.33. The first-order valence-electron chi connectivity index (χ1n) is 12.2. The highest BCUT2D eigenvalue weighted by Crippen LogP contribution is 2.36. The van der Waals surface area contributed by atoms with Gasteiger partial charge in [0.2, 0.25) is 5.91 Å². The average molecular weight is 477 g/mol. The maximum absolute atomic E-state index is 12.4. The van der Waals surface area contributed by atoms with Gasteiger partial charge in [0.15, 0.2) is 0 Å². The molecule has 1 fully saturated rings. The van der Waals surface area contributed by atoms with Gasteiger partial charge in [0.25, 0.3) is 0 Å². The van der Waals surface area contributed by atoms with Crippen LogP contribution in [0.4, 0.5) is 5.69 Å². The molecule has 2 aliphatic heterocycles. The highest BCUT2D eigenvalue weighted by molar-refractivity contribution is 5.96. The Kier molecular flexibility index (Phi) is 6.70. The lowest BCUT2D eigenvalue weighted by molar-refractivity contribution is -0.118. The molecule has 3 heterocycles. The summed E-state index contributed by atoms with van der Waals surface area (Å²) >= 11 is 0. The minimum Gasteiger partial charge on any atom is -0.496 e. The van der Waals surface area contributed by atoms with Gasteiger partial charge < -0.3 is 15.0 Å². The Morgan fingerprint density at radius 3 is 2.71 bits per heavy atom. The van der Waals surface area contributed by atoms with Crippen molar-refractivity contribution < 1.29 is 9.53 Å². The average Bonchev–Trinajstić information content (AvgIpc) is 3.30. The van der Waals surface area contributed by atoms with Crippen molar-refractivity contribution in [2.24, 2.45) is 0 Å². The number of fused-ring (bicyclic) bond motifs is 1. The predicted molar refractivity (Wildman–Crippen MR) is 133 cm³/mol. The van der Waals surface area contributed by atoms with Crippen molar-refractivity contribution in [2.45, 2.75) is 50.9 Å². The number of rotatable bonds is 7. The number of hydrogen-bond acceptors (Lipinski definition) is 6. The van der Waals surface area contributed by atoms with Gasteiger partial charge in [-0.25, -0.2) is 9.89 Å². The Bertz CT molecular complexity index is 1240. The SMILES string of the molecule is COc1cc2c(cc1CN(Cc1n[nH]c(=O)[nH]1)C1CCCNC1c1ccccc1)N(C)C(=O)CC2. The lowest BCUT2D eigenvalue weighted by Gasteiger charge is -2.41. The van der Waals surface area contributed by atoms with Crippen LogP contribution in [0.3, 0.4) is 0 Å². The number of piperidine rings is 1. The molecule has 9 heteroatoms. The molecule has 0 bridgehead atoms. The first-order chi connectivity index (χ1) is 17.0. The molecule has 0 aliphatic carbocycles. The van der Waals surface area contributed by atoms with E-state index in [0.29, 0.717) is 25.3 Å². The molecule has 5 rings (SSSR count). The monoisotopic (exact) mass is 476 g/mol. The van der Waals surface area contributed by atoms with E-state index in [-0.39, 0.29) is 23.7 Å². The van der Waals surface area contributed by atoms with Crippen molar-refractivity contribution in [3.63, 3.8) is 0 Å². The third-order valence-electron chi connectivity index (χ3n) is 7.16. The van der Waals surface area contributed by atoms with Crippen molar-refractivity contribution >= 4 is 11.6 Å². The molecule has 2 atom stereocenters. The zero-order valence-electron chi connectivity index (χ0n) is 20.2. The summed E-state index contributed by atoms with van der Waals surface area (Å²) in [6.07, 6.45) is 3.29. The van der Waals surface area contributed by atoms with Gasteiger partial charge in [-0.05, 0) is 49.1 Å². The zero-order valence-corrected chi connectivity index (χ0v) is 20.2. The van der Waals surface area contributed by atoms with Gasteiger partial charge in [0, 0.05) is 43.3 Å². The molecule has 0 spiro atoms. The quantitative estimate of drug-likeness (QED) is 0.484. The van der Waals surface area contributed by atoms with E-state index in [4.69, 9.17) is 4.74 Å². The van der Waals surface area contributed by atoms with Crippen LogP contribution in [0.25, 0.3) is 0 Å². The van der Waals surface area contributed by atoms with Crippen LogP contribution in [0.2, 0.25) is 0 Å². The number of carbonyl (C=O) groups excluding carboxylic acids is 1. The van der Waals surface area contributed by atoms with Crippen LogP contribution in [0.1, 0.15) is 47.8 Å². The Morgan fingerprint density at radius 1 is 1.14 bits per heavy atom. The molecule has 3 aromatic rings. The minimum atomic E-state index is -0.312. The molecule has 9 nitrogen and oxygen atoms in total. The van der Waals surface area contributed by atoms with Crippen LogP contribution >= 0.6 is 0 Å². The number of nitrogens with zero attached hydrogens (tertiary/aromatic N) is 3. The molecule has 0 saturated carbocycles. The fourth-order valence-electron chi connectivity index (χ4n) is 5.37. The second kappa shape index (κ2) is 10.1. The molecule has 184 valence electrons. The molecular formula is C26H32N6O3. The van der Waals surface area contributed by atoms with Crippen molar-refractivity contribution in [3.8, 4) is 5.75 Å². The van der Waals surface area contributed by atoms with Crippen LogP contribution in [-0.2, 0) is 24.3 Å². The summed E-state index contributed by atoms with van der Waals surface area (Å²) in [5.41, 5.74) is 3.99. The Morgan fingerprint density at radius 2 is 1.97 bits per heavy atom. The summed E-state index contributed by atoms with van der Waals surface area (Å²) in [7, 11) is 3.52. The molecule has 2 aromatic carbocycles. The summed E-state index contributed by atoms with van der Waals surface area (Å²) < 4.78 is 5.80. The summed E-state index contributed by atoms with van der Waals surface area (Å²) in [6, 6.07) is 14.9. The number of anilines is 1. The number of carbonyl (C=O) groups is 1. The van der Waals surface area contributed by atoms with E-state index in [0.717, 1.165) is 48.4 Å². The van der Waals surface area contributed by atoms with Gasteiger partial charge >= 0.3 is 5.69 Å². The van der Waals surface area contributed by atoms with Gasteiger partial charge in [-0.3, -0.25) is 14.7 Å². The molecule has 35 heavy (non-hydrogen) atoms. The molecule has 1 saturated heterocycles. The standard InChI is InChI=1S/C26H32N6O3/c1-31-21-13-19(22(35-2)14-18(21)10-11-24(31)33)15-32(16-23-28-26(34)30-29-23)20-9-6-12-27-25(20)17-7-4-3-5-8-17/h3-5,7-8,13-14,20,25,27H,6,9-12,15-16H2,1-2H3,(H2,28,29,30,34). The lowest BCUT2D eigenvalue weighted by atomic mass is 9.90. The fourth-order valence-corrected chi connectivity index (χ4v) is 5.37. The lowest BCUT2D eigenvalue weighted by Crippen LogP contribution is -2.48. The molecule has 1 aromatic heterocycles. The van der Waals surface area contributed by atoms with Gasteiger partial charge in [-0.1, -0.05) is 30.3 Å². The fraction of sp³-hybridized carbons (Fsp3) is 0.423. The highest BCUT2D eigenvalue weighted by atomic mass is 16.5. The number of nitrogens with one attached hydrogen (secondary N) is 3. The van der Waals surface area contributed by atoms with E-state index in [2.05, 4.69) is 61.8 Å². The maximum atomic E-state index is 12.4. The number of hydrogen-bond donors (Lipinski definition) is 3. The summed E-state index contributed by atoms with van der Waals surface area (Å²) in [5.74, 6) is 1.53. The van der Waals surface area contributed by atoms with Crippen LogP contribution in [0.15, 0.2) is 47.3 Å². The van der Waals surface area contributed by atoms with E-state index < -0.39 is 0 Å². The topological polar surface area (TPSA) is 106 Å². The molecule has 1 amide bonds. The first-order valence-corrected chi connectivity index (χ1v) is 12.2. The van der Waals surface area contributed by atoms with Gasteiger partial charge in [0.05, 0.1) is 13.7 Å². The predicted octanol–water partition coefficient (Wildman–Crippen LogP) is 2.51. The third-order valence-corrected chi connectivity index (χ3v) is 7.16. The van der Waals surface area contributed by atoms with E-state index >= 15 is 0 Å². The van der Waals surface area contributed by atoms with E-state index in [1.807, 2.05) is 13.1 Å². The molecular weight excluding hydrogens is 444 g/mol. The largest absolute Gasteiger partial charge is 0.496 e. The van der Waals surface area contributed by atoms with E-state index in [1.165, 1.54) is 5.56 Å². The Labute approximate surface area is 204 Å².